The molecule has 5 nitrogen and oxygen atoms in total. The predicted molar refractivity (Wildman–Crippen MR) is 81.0 cm³/mol. The Morgan fingerprint density at radius 1 is 1.38 bits per heavy atom. The van der Waals surface area contributed by atoms with E-state index in [4.69, 9.17) is 0 Å². The van der Waals surface area contributed by atoms with Gasteiger partial charge in [-0.15, -0.1) is 0 Å². The number of aliphatic carboxylic acids is 1. The molecule has 1 aliphatic carbocycles. The lowest BCUT2D eigenvalue weighted by Crippen LogP contribution is -2.50. The Morgan fingerprint density at radius 2 is 2.00 bits per heavy atom. The third-order valence-electron chi connectivity index (χ3n) is 5.50. The first-order valence-electron chi connectivity index (χ1n) is 7.91. The average molecular weight is 296 g/mol. The van der Waals surface area contributed by atoms with Crippen molar-refractivity contribution in [1.82, 2.24) is 10.2 Å². The minimum Gasteiger partial charge on any atom is -0.481 e. The van der Waals surface area contributed by atoms with Crippen LogP contribution in [0.25, 0.3) is 0 Å². The van der Waals surface area contributed by atoms with Crippen LogP contribution in [0.4, 0.5) is 4.79 Å². The number of nitrogens with one attached hydrogen (secondary N) is 1. The number of amides is 2. The second-order valence-electron chi connectivity index (χ2n) is 7.89. The number of carboxylic acids is 1. The maximum Gasteiger partial charge on any atom is 0.317 e. The Balaban J connectivity index is 1.86. The number of carbonyl (C=O) groups is 2. The molecule has 2 rings (SSSR count). The molecule has 0 radical (unpaired) electrons. The first-order valence-corrected chi connectivity index (χ1v) is 7.91. The largest absolute Gasteiger partial charge is 0.481 e. The van der Waals surface area contributed by atoms with Crippen LogP contribution in [0.3, 0.4) is 0 Å². The molecule has 0 bridgehead atoms. The third kappa shape index (κ3) is 3.50. The number of likely N-dealkylation sites (tertiary alicyclic amines) is 1. The fraction of sp³-hybridized carbons (Fsp3) is 0.875. The van der Waals surface area contributed by atoms with Crippen LogP contribution in [-0.2, 0) is 4.79 Å². The Hall–Kier alpha value is -1.26. The smallest absolute Gasteiger partial charge is 0.317 e. The molecule has 0 aromatic rings. The number of hydrogen-bond acceptors (Lipinski definition) is 2. The van der Waals surface area contributed by atoms with Crippen molar-refractivity contribution < 1.29 is 14.7 Å². The van der Waals surface area contributed by atoms with Crippen LogP contribution in [0.1, 0.15) is 47.0 Å². The van der Waals surface area contributed by atoms with E-state index in [2.05, 4.69) is 19.2 Å². The quantitative estimate of drug-likeness (QED) is 0.837. The fourth-order valence-corrected chi connectivity index (χ4v) is 3.17. The minimum absolute atomic E-state index is 0.0202. The van der Waals surface area contributed by atoms with Crippen molar-refractivity contribution in [3.63, 3.8) is 0 Å². The van der Waals surface area contributed by atoms with Crippen LogP contribution in [0.2, 0.25) is 0 Å². The van der Waals surface area contributed by atoms with Gasteiger partial charge < -0.3 is 15.3 Å². The zero-order valence-corrected chi connectivity index (χ0v) is 13.6. The van der Waals surface area contributed by atoms with Gasteiger partial charge in [-0.25, -0.2) is 4.79 Å². The molecule has 21 heavy (non-hydrogen) atoms. The minimum atomic E-state index is -0.783. The molecule has 1 saturated heterocycles. The number of carboxylic acid groups (broad SMARTS) is 1. The van der Waals surface area contributed by atoms with E-state index < -0.39 is 11.4 Å². The highest BCUT2D eigenvalue weighted by atomic mass is 16.4. The van der Waals surface area contributed by atoms with Crippen molar-refractivity contribution in [2.24, 2.45) is 22.7 Å². The summed E-state index contributed by atoms with van der Waals surface area (Å²) in [5, 5.41) is 12.4. The molecule has 2 unspecified atom stereocenters. The van der Waals surface area contributed by atoms with Gasteiger partial charge in [0.25, 0.3) is 0 Å². The topological polar surface area (TPSA) is 69.6 Å². The summed E-state index contributed by atoms with van der Waals surface area (Å²) in [6, 6.07) is -0.0383. The summed E-state index contributed by atoms with van der Waals surface area (Å²) >= 11 is 0. The summed E-state index contributed by atoms with van der Waals surface area (Å²) in [4.78, 5) is 25.4. The van der Waals surface area contributed by atoms with Crippen LogP contribution in [0.15, 0.2) is 0 Å². The van der Waals surface area contributed by atoms with Crippen LogP contribution in [0.5, 0.6) is 0 Å². The van der Waals surface area contributed by atoms with Gasteiger partial charge in [0, 0.05) is 19.6 Å². The number of piperidine rings is 1. The van der Waals surface area contributed by atoms with E-state index in [-0.39, 0.29) is 11.9 Å². The molecule has 120 valence electrons. The first-order chi connectivity index (χ1) is 9.64. The standard InChI is InChI=1S/C16H28N2O3/c1-15(2)8-12(15)9-17-14(21)18-7-5-6-11(10-18)16(3,4)13(19)20/h11-12H,5-10H2,1-4H3,(H,17,21)(H,19,20). The molecule has 2 atom stereocenters. The van der Waals surface area contributed by atoms with Crippen molar-refractivity contribution in [2.45, 2.75) is 47.0 Å². The van der Waals surface area contributed by atoms with Gasteiger partial charge in [0.1, 0.15) is 0 Å². The van der Waals surface area contributed by atoms with Gasteiger partial charge in [-0.1, -0.05) is 13.8 Å². The molecule has 0 spiro atoms. The first kappa shape index (κ1) is 16.1. The SMILES string of the molecule is CC1(C)CC1CNC(=O)N1CCCC(C(C)(C)C(=O)O)C1. The molecule has 5 heteroatoms. The number of carbonyl (C=O) groups excluding carboxylic acids is 1. The summed E-state index contributed by atoms with van der Waals surface area (Å²) in [5.74, 6) is -0.182. The van der Waals surface area contributed by atoms with Crippen molar-refractivity contribution in [1.29, 1.82) is 0 Å². The van der Waals surface area contributed by atoms with Crippen LogP contribution < -0.4 is 5.32 Å². The normalized spacial score (nSPS) is 28.1. The number of urea groups is 1. The number of nitrogens with zero attached hydrogens (tertiary/aromatic N) is 1. The molecule has 2 fully saturated rings. The van der Waals surface area contributed by atoms with E-state index in [1.54, 1.807) is 18.7 Å². The van der Waals surface area contributed by atoms with Gasteiger partial charge in [0.2, 0.25) is 0 Å². The lowest BCUT2D eigenvalue weighted by Gasteiger charge is -2.39. The van der Waals surface area contributed by atoms with E-state index in [9.17, 15) is 14.7 Å². The summed E-state index contributed by atoms with van der Waals surface area (Å²) in [6.45, 7) is 9.95. The summed E-state index contributed by atoms with van der Waals surface area (Å²) in [6.07, 6.45) is 2.92. The third-order valence-corrected chi connectivity index (χ3v) is 5.50. The van der Waals surface area contributed by atoms with Gasteiger partial charge in [-0.2, -0.15) is 0 Å². The van der Waals surface area contributed by atoms with Crippen LogP contribution >= 0.6 is 0 Å². The van der Waals surface area contributed by atoms with Gasteiger partial charge in [0.15, 0.2) is 0 Å². The van der Waals surface area contributed by atoms with Crippen LogP contribution in [-0.4, -0.2) is 41.6 Å². The van der Waals surface area contributed by atoms with Crippen molar-refractivity contribution in [3.05, 3.63) is 0 Å². The molecule has 1 aliphatic heterocycles. The fourth-order valence-electron chi connectivity index (χ4n) is 3.17. The summed E-state index contributed by atoms with van der Waals surface area (Å²) in [5.41, 5.74) is -0.416. The predicted octanol–water partition coefficient (Wildman–Crippen LogP) is 2.56. The Kier molecular flexibility index (Phi) is 4.22. The number of hydrogen-bond donors (Lipinski definition) is 2. The van der Waals surface area contributed by atoms with Gasteiger partial charge in [-0.3, -0.25) is 4.79 Å². The van der Waals surface area contributed by atoms with Gasteiger partial charge in [0.05, 0.1) is 5.41 Å². The zero-order valence-electron chi connectivity index (χ0n) is 13.6. The Morgan fingerprint density at radius 3 is 2.52 bits per heavy atom. The van der Waals surface area contributed by atoms with E-state index in [0.29, 0.717) is 17.9 Å². The molecule has 0 aromatic carbocycles. The van der Waals surface area contributed by atoms with Crippen molar-refractivity contribution >= 4 is 12.0 Å². The number of rotatable bonds is 4. The lowest BCUT2D eigenvalue weighted by atomic mass is 9.74. The van der Waals surface area contributed by atoms with Crippen molar-refractivity contribution in [3.8, 4) is 0 Å². The van der Waals surface area contributed by atoms with Crippen LogP contribution in [0, 0.1) is 22.7 Å². The Bertz CT molecular complexity index is 431. The molecule has 1 heterocycles. The second-order valence-corrected chi connectivity index (χ2v) is 7.89. The molecule has 2 aliphatic rings. The van der Waals surface area contributed by atoms with E-state index in [1.807, 2.05) is 0 Å². The van der Waals surface area contributed by atoms with E-state index in [0.717, 1.165) is 25.9 Å². The van der Waals surface area contributed by atoms with E-state index in [1.165, 1.54) is 6.42 Å². The molecule has 2 amide bonds. The molecule has 1 saturated carbocycles. The second kappa shape index (κ2) is 5.50. The maximum absolute atomic E-state index is 12.3. The highest BCUT2D eigenvalue weighted by molar-refractivity contribution is 5.76. The van der Waals surface area contributed by atoms with E-state index >= 15 is 0 Å². The monoisotopic (exact) mass is 296 g/mol. The summed E-state index contributed by atoms with van der Waals surface area (Å²) in [7, 11) is 0. The lowest BCUT2D eigenvalue weighted by molar-refractivity contribution is -0.151. The molecular weight excluding hydrogens is 268 g/mol. The molecular formula is C16H28N2O3. The molecule has 2 N–H and O–H groups in total. The van der Waals surface area contributed by atoms with Crippen molar-refractivity contribution in [2.75, 3.05) is 19.6 Å². The average Bonchev–Trinajstić information content (AvgIpc) is 3.03. The summed E-state index contributed by atoms with van der Waals surface area (Å²) < 4.78 is 0. The van der Waals surface area contributed by atoms with Gasteiger partial charge >= 0.3 is 12.0 Å². The maximum atomic E-state index is 12.3. The molecule has 0 aromatic heterocycles. The zero-order chi connectivity index (χ0) is 15.8. The Labute approximate surface area is 127 Å². The van der Waals surface area contributed by atoms with Gasteiger partial charge in [-0.05, 0) is 50.4 Å². The highest BCUT2D eigenvalue weighted by Crippen LogP contribution is 2.51. The highest BCUT2D eigenvalue weighted by Gasteiger charge is 2.45.